The molecule has 0 spiro atoms. The van der Waals surface area contributed by atoms with E-state index in [1.807, 2.05) is 18.2 Å². The highest BCUT2D eigenvalue weighted by Gasteiger charge is 2.27. The van der Waals surface area contributed by atoms with Crippen molar-refractivity contribution in [1.82, 2.24) is 20.1 Å². The molecule has 3 aromatic heterocycles. The molecule has 0 aliphatic heterocycles. The molecule has 24 heavy (non-hydrogen) atoms. The summed E-state index contributed by atoms with van der Waals surface area (Å²) in [5, 5.41) is 17.3. The van der Waals surface area contributed by atoms with E-state index in [1.54, 1.807) is 36.9 Å². The molecule has 0 fully saturated rings. The summed E-state index contributed by atoms with van der Waals surface area (Å²) in [4.78, 5) is 16.6. The maximum absolute atomic E-state index is 12.4. The second kappa shape index (κ2) is 6.29. The predicted molar refractivity (Wildman–Crippen MR) is 86.7 cm³/mol. The van der Waals surface area contributed by atoms with Gasteiger partial charge in [-0.25, -0.2) is 9.67 Å². The summed E-state index contributed by atoms with van der Waals surface area (Å²) < 4.78 is 6.79. The molecule has 1 atom stereocenters. The molecule has 3 heterocycles. The molecule has 2 N–H and O–H groups in total. The van der Waals surface area contributed by atoms with E-state index in [1.165, 1.54) is 12.5 Å². The van der Waals surface area contributed by atoms with E-state index in [0.29, 0.717) is 22.8 Å². The molecule has 1 unspecified atom stereocenters. The Morgan fingerprint density at radius 2 is 2.21 bits per heavy atom. The minimum absolute atomic E-state index is 0.0214. The van der Waals surface area contributed by atoms with Crippen molar-refractivity contribution >= 4 is 5.91 Å². The van der Waals surface area contributed by atoms with Gasteiger partial charge < -0.3 is 14.8 Å². The number of nitrogens with one attached hydrogen (secondary N) is 1. The van der Waals surface area contributed by atoms with E-state index in [0.717, 1.165) is 0 Å². The summed E-state index contributed by atoms with van der Waals surface area (Å²) in [6.07, 6.45) is 4.63. The van der Waals surface area contributed by atoms with Crippen LogP contribution in [0.15, 0.2) is 53.4 Å². The van der Waals surface area contributed by atoms with Crippen LogP contribution in [0.5, 0.6) is 0 Å². The topological polar surface area (TPSA) is 93.2 Å². The monoisotopic (exact) mass is 326 g/mol. The fourth-order valence-corrected chi connectivity index (χ4v) is 2.36. The first-order valence-electron chi connectivity index (χ1n) is 7.49. The molecule has 0 aliphatic carbocycles. The Morgan fingerprint density at radius 1 is 1.38 bits per heavy atom. The Bertz CT molecular complexity index is 823. The van der Waals surface area contributed by atoms with Crippen LogP contribution < -0.4 is 5.32 Å². The zero-order valence-corrected chi connectivity index (χ0v) is 13.4. The lowest BCUT2D eigenvalue weighted by atomic mass is 10.0. The van der Waals surface area contributed by atoms with Crippen molar-refractivity contribution in [3.05, 3.63) is 66.0 Å². The zero-order valence-electron chi connectivity index (χ0n) is 13.4. The number of nitrogens with zero attached hydrogens (tertiary/aromatic N) is 3. The molecule has 3 rings (SSSR count). The highest BCUT2D eigenvalue weighted by Crippen LogP contribution is 2.20. The number of carbonyl (C=O) groups is 1. The van der Waals surface area contributed by atoms with Crippen molar-refractivity contribution < 1.29 is 14.3 Å². The number of hydrogen-bond acceptors (Lipinski definition) is 5. The minimum Gasteiger partial charge on any atom is -0.466 e. The fraction of sp³-hybridized carbons (Fsp3) is 0.235. The first kappa shape index (κ1) is 15.9. The van der Waals surface area contributed by atoms with Crippen LogP contribution in [-0.4, -0.2) is 32.3 Å². The number of aromatic nitrogens is 3. The predicted octanol–water partition coefficient (Wildman–Crippen LogP) is 1.81. The van der Waals surface area contributed by atoms with E-state index < -0.39 is 5.60 Å². The zero-order chi connectivity index (χ0) is 17.2. The third-order valence-corrected chi connectivity index (χ3v) is 3.77. The molecule has 0 aromatic carbocycles. The number of carbonyl (C=O) groups excluding carboxylic acids is 1. The van der Waals surface area contributed by atoms with Crippen molar-refractivity contribution in [3.63, 3.8) is 0 Å². The number of amides is 1. The summed E-state index contributed by atoms with van der Waals surface area (Å²) in [6, 6.07) is 8.82. The molecule has 0 aliphatic rings. The lowest BCUT2D eigenvalue weighted by molar-refractivity contribution is 0.0330. The Kier molecular flexibility index (Phi) is 4.18. The first-order chi connectivity index (χ1) is 11.5. The van der Waals surface area contributed by atoms with Crippen LogP contribution in [0.25, 0.3) is 5.82 Å². The third-order valence-electron chi connectivity index (χ3n) is 3.77. The van der Waals surface area contributed by atoms with Gasteiger partial charge in [-0.15, -0.1) is 0 Å². The SMILES string of the molecule is Cc1c(C(=O)NCC(C)(O)c2ccco2)cnn1-c1ccccn1. The molecule has 7 heteroatoms. The highest BCUT2D eigenvalue weighted by atomic mass is 16.4. The van der Waals surface area contributed by atoms with Gasteiger partial charge in [-0.3, -0.25) is 4.79 Å². The number of pyridine rings is 1. The van der Waals surface area contributed by atoms with Crippen molar-refractivity contribution in [1.29, 1.82) is 0 Å². The van der Waals surface area contributed by atoms with Gasteiger partial charge in [0, 0.05) is 6.20 Å². The smallest absolute Gasteiger partial charge is 0.254 e. The van der Waals surface area contributed by atoms with Gasteiger partial charge in [0.25, 0.3) is 5.91 Å². The van der Waals surface area contributed by atoms with Gasteiger partial charge in [0.05, 0.1) is 30.3 Å². The van der Waals surface area contributed by atoms with Gasteiger partial charge in [-0.2, -0.15) is 5.10 Å². The van der Waals surface area contributed by atoms with E-state index in [4.69, 9.17) is 4.42 Å². The van der Waals surface area contributed by atoms with Crippen LogP contribution in [0.1, 0.15) is 28.7 Å². The normalized spacial score (nSPS) is 13.5. The van der Waals surface area contributed by atoms with Crippen molar-refractivity contribution in [3.8, 4) is 5.82 Å². The van der Waals surface area contributed by atoms with Gasteiger partial charge in [0.1, 0.15) is 11.4 Å². The molecule has 1 amide bonds. The molecule has 124 valence electrons. The standard InChI is InChI=1S/C17H18N4O3/c1-12-13(10-20-21(12)15-7-3-4-8-18-15)16(22)19-11-17(2,23)14-6-5-9-24-14/h3-10,23H,11H2,1-2H3,(H,19,22). The number of hydrogen-bond donors (Lipinski definition) is 2. The summed E-state index contributed by atoms with van der Waals surface area (Å²) in [6.45, 7) is 3.39. The molecule has 3 aromatic rings. The number of aliphatic hydroxyl groups is 1. The average Bonchev–Trinajstić information content (AvgIpc) is 3.24. The summed E-state index contributed by atoms with van der Waals surface area (Å²) in [5.74, 6) is 0.710. The molecular formula is C17H18N4O3. The summed E-state index contributed by atoms with van der Waals surface area (Å²) >= 11 is 0. The van der Waals surface area contributed by atoms with Gasteiger partial charge in [0.2, 0.25) is 0 Å². The Balaban J connectivity index is 1.74. The lowest BCUT2D eigenvalue weighted by Gasteiger charge is -2.21. The lowest BCUT2D eigenvalue weighted by Crippen LogP contribution is -2.38. The van der Waals surface area contributed by atoms with E-state index in [9.17, 15) is 9.90 Å². The Morgan fingerprint density at radius 3 is 2.88 bits per heavy atom. The van der Waals surface area contributed by atoms with E-state index >= 15 is 0 Å². The van der Waals surface area contributed by atoms with Gasteiger partial charge in [-0.1, -0.05) is 6.07 Å². The van der Waals surface area contributed by atoms with Gasteiger partial charge in [0.15, 0.2) is 5.82 Å². The summed E-state index contributed by atoms with van der Waals surface area (Å²) in [7, 11) is 0. The van der Waals surface area contributed by atoms with E-state index in [2.05, 4.69) is 15.4 Å². The third kappa shape index (κ3) is 3.07. The molecule has 0 saturated carbocycles. The van der Waals surface area contributed by atoms with Crippen LogP contribution in [0.3, 0.4) is 0 Å². The largest absolute Gasteiger partial charge is 0.466 e. The second-order valence-electron chi connectivity index (χ2n) is 5.68. The summed E-state index contributed by atoms with van der Waals surface area (Å²) in [5.41, 5.74) is -0.191. The Labute approximate surface area is 138 Å². The molecule has 7 nitrogen and oxygen atoms in total. The molecule has 0 radical (unpaired) electrons. The number of rotatable bonds is 5. The van der Waals surface area contributed by atoms with Crippen LogP contribution >= 0.6 is 0 Å². The quantitative estimate of drug-likeness (QED) is 0.746. The number of furan rings is 1. The maximum atomic E-state index is 12.4. The molecule has 0 saturated heterocycles. The Hall–Kier alpha value is -2.93. The van der Waals surface area contributed by atoms with Crippen LogP contribution in [-0.2, 0) is 5.60 Å². The first-order valence-corrected chi connectivity index (χ1v) is 7.49. The molecule has 0 bridgehead atoms. The van der Waals surface area contributed by atoms with Crippen molar-refractivity contribution in [2.45, 2.75) is 19.4 Å². The average molecular weight is 326 g/mol. The van der Waals surface area contributed by atoms with Crippen LogP contribution in [0, 0.1) is 6.92 Å². The van der Waals surface area contributed by atoms with Crippen LogP contribution in [0.2, 0.25) is 0 Å². The molecular weight excluding hydrogens is 308 g/mol. The fourth-order valence-electron chi connectivity index (χ4n) is 2.36. The van der Waals surface area contributed by atoms with E-state index in [-0.39, 0.29) is 12.5 Å². The van der Waals surface area contributed by atoms with Crippen molar-refractivity contribution in [2.75, 3.05) is 6.54 Å². The van der Waals surface area contributed by atoms with Crippen LogP contribution in [0.4, 0.5) is 0 Å². The highest BCUT2D eigenvalue weighted by molar-refractivity contribution is 5.95. The van der Waals surface area contributed by atoms with Crippen molar-refractivity contribution in [2.24, 2.45) is 0 Å². The van der Waals surface area contributed by atoms with Gasteiger partial charge in [-0.05, 0) is 38.1 Å². The van der Waals surface area contributed by atoms with Gasteiger partial charge >= 0.3 is 0 Å². The minimum atomic E-state index is -1.29. The maximum Gasteiger partial charge on any atom is 0.254 e. The second-order valence-corrected chi connectivity index (χ2v) is 5.68.